The van der Waals surface area contributed by atoms with Crippen molar-refractivity contribution < 1.29 is 0 Å². The van der Waals surface area contributed by atoms with Crippen LogP contribution in [0.25, 0.3) is 23.1 Å². The van der Waals surface area contributed by atoms with Gasteiger partial charge in [-0.1, -0.05) is 30.3 Å². The lowest BCUT2D eigenvalue weighted by Gasteiger charge is -1.90. The van der Waals surface area contributed by atoms with Crippen LogP contribution in [0.1, 0.15) is 11.3 Å². The SMILES string of the molecule is C(=Cc1n[nH]c2ccccc12)c1cccnc1. The molecule has 2 heterocycles. The molecule has 3 rings (SSSR count). The molecule has 0 aliphatic heterocycles. The molecular formula is C14H11N3. The second-order valence-corrected chi connectivity index (χ2v) is 3.77. The van der Waals surface area contributed by atoms with Gasteiger partial charge in [0.15, 0.2) is 0 Å². The standard InChI is InChI=1S/C14H11N3/c1-2-6-13-12(5-1)14(17-16-13)8-7-11-4-3-9-15-10-11/h1-10H,(H,16,17). The first-order chi connectivity index (χ1) is 8.43. The molecule has 0 bridgehead atoms. The maximum atomic E-state index is 4.28. The van der Waals surface area contributed by atoms with Gasteiger partial charge >= 0.3 is 0 Å². The van der Waals surface area contributed by atoms with E-state index < -0.39 is 0 Å². The highest BCUT2D eigenvalue weighted by Gasteiger charge is 2.00. The number of rotatable bonds is 2. The van der Waals surface area contributed by atoms with Crippen molar-refractivity contribution in [3.8, 4) is 0 Å². The summed E-state index contributed by atoms with van der Waals surface area (Å²) >= 11 is 0. The van der Waals surface area contributed by atoms with Crippen molar-refractivity contribution in [3.63, 3.8) is 0 Å². The Kier molecular flexibility index (Phi) is 2.43. The fourth-order valence-corrected chi connectivity index (χ4v) is 1.76. The monoisotopic (exact) mass is 221 g/mol. The molecule has 0 amide bonds. The number of aromatic nitrogens is 3. The minimum absolute atomic E-state index is 0.949. The summed E-state index contributed by atoms with van der Waals surface area (Å²) < 4.78 is 0. The van der Waals surface area contributed by atoms with Gasteiger partial charge in [0, 0.05) is 17.8 Å². The van der Waals surface area contributed by atoms with E-state index in [1.807, 2.05) is 48.7 Å². The van der Waals surface area contributed by atoms with Gasteiger partial charge in [0.05, 0.1) is 11.2 Å². The average molecular weight is 221 g/mol. The zero-order valence-corrected chi connectivity index (χ0v) is 9.17. The van der Waals surface area contributed by atoms with Gasteiger partial charge in [0.1, 0.15) is 0 Å². The van der Waals surface area contributed by atoms with Gasteiger partial charge in [-0.15, -0.1) is 0 Å². The molecule has 0 radical (unpaired) electrons. The number of hydrogen-bond donors (Lipinski definition) is 1. The largest absolute Gasteiger partial charge is 0.277 e. The first kappa shape index (κ1) is 9.78. The van der Waals surface area contributed by atoms with E-state index in [0.717, 1.165) is 22.2 Å². The molecule has 1 aromatic carbocycles. The van der Waals surface area contributed by atoms with E-state index in [2.05, 4.69) is 21.2 Å². The van der Waals surface area contributed by atoms with Gasteiger partial charge in [-0.25, -0.2) is 0 Å². The Morgan fingerprint density at radius 1 is 1.00 bits per heavy atom. The molecule has 3 heteroatoms. The quantitative estimate of drug-likeness (QED) is 0.722. The Morgan fingerprint density at radius 3 is 2.82 bits per heavy atom. The molecule has 17 heavy (non-hydrogen) atoms. The van der Waals surface area contributed by atoms with E-state index in [-0.39, 0.29) is 0 Å². The van der Waals surface area contributed by atoms with Crippen LogP contribution < -0.4 is 0 Å². The molecule has 82 valence electrons. The lowest BCUT2D eigenvalue weighted by Crippen LogP contribution is -1.75. The first-order valence-electron chi connectivity index (χ1n) is 5.45. The number of benzene rings is 1. The third-order valence-corrected chi connectivity index (χ3v) is 2.62. The molecule has 0 aliphatic carbocycles. The van der Waals surface area contributed by atoms with Crippen LogP contribution >= 0.6 is 0 Å². The lowest BCUT2D eigenvalue weighted by molar-refractivity contribution is 1.11. The molecule has 0 saturated carbocycles. The lowest BCUT2D eigenvalue weighted by atomic mass is 10.2. The fraction of sp³-hybridized carbons (Fsp3) is 0. The molecule has 1 N–H and O–H groups in total. The molecule has 0 atom stereocenters. The normalized spacial score (nSPS) is 11.3. The van der Waals surface area contributed by atoms with Gasteiger partial charge in [0.2, 0.25) is 0 Å². The minimum Gasteiger partial charge on any atom is -0.277 e. The van der Waals surface area contributed by atoms with Crippen LogP contribution in [0.15, 0.2) is 48.8 Å². The highest BCUT2D eigenvalue weighted by Crippen LogP contribution is 2.17. The highest BCUT2D eigenvalue weighted by molar-refractivity contribution is 5.89. The Labute approximate surface area is 98.8 Å². The summed E-state index contributed by atoms with van der Waals surface area (Å²) in [4.78, 5) is 4.07. The number of para-hydroxylation sites is 1. The van der Waals surface area contributed by atoms with Crippen LogP contribution in [0.4, 0.5) is 0 Å². The second-order valence-electron chi connectivity index (χ2n) is 3.77. The van der Waals surface area contributed by atoms with Crippen LogP contribution in [0.2, 0.25) is 0 Å². The Hall–Kier alpha value is -2.42. The number of hydrogen-bond acceptors (Lipinski definition) is 2. The van der Waals surface area contributed by atoms with E-state index in [1.165, 1.54) is 0 Å². The summed E-state index contributed by atoms with van der Waals surface area (Å²) in [6.07, 6.45) is 7.60. The van der Waals surface area contributed by atoms with Gasteiger partial charge in [-0.3, -0.25) is 10.1 Å². The number of pyridine rings is 1. The summed E-state index contributed by atoms with van der Waals surface area (Å²) in [6, 6.07) is 12.0. The fourth-order valence-electron chi connectivity index (χ4n) is 1.76. The van der Waals surface area contributed by atoms with Crippen molar-refractivity contribution in [1.82, 2.24) is 15.2 Å². The molecule has 0 spiro atoms. The van der Waals surface area contributed by atoms with E-state index in [0.29, 0.717) is 0 Å². The third kappa shape index (κ3) is 1.95. The van der Waals surface area contributed by atoms with Crippen molar-refractivity contribution in [2.45, 2.75) is 0 Å². The number of aromatic amines is 1. The third-order valence-electron chi connectivity index (χ3n) is 2.62. The molecule has 3 aromatic rings. The van der Waals surface area contributed by atoms with Gasteiger partial charge < -0.3 is 0 Å². The van der Waals surface area contributed by atoms with E-state index in [1.54, 1.807) is 6.20 Å². The Bertz CT molecular complexity index is 653. The smallest absolute Gasteiger partial charge is 0.0927 e. The molecule has 3 nitrogen and oxygen atoms in total. The van der Waals surface area contributed by atoms with Crippen LogP contribution in [-0.4, -0.2) is 15.2 Å². The summed E-state index contributed by atoms with van der Waals surface area (Å²) in [7, 11) is 0. The molecular weight excluding hydrogens is 210 g/mol. The second kappa shape index (κ2) is 4.22. The minimum atomic E-state index is 0.949. The van der Waals surface area contributed by atoms with E-state index >= 15 is 0 Å². The predicted molar refractivity (Wildman–Crippen MR) is 69.3 cm³/mol. The van der Waals surface area contributed by atoms with Crippen LogP contribution in [-0.2, 0) is 0 Å². The predicted octanol–water partition coefficient (Wildman–Crippen LogP) is 3.13. The molecule has 0 unspecified atom stereocenters. The Morgan fingerprint density at radius 2 is 1.94 bits per heavy atom. The van der Waals surface area contributed by atoms with E-state index in [9.17, 15) is 0 Å². The number of H-pyrrole nitrogens is 1. The van der Waals surface area contributed by atoms with Crippen molar-refractivity contribution in [3.05, 3.63) is 60.0 Å². The van der Waals surface area contributed by atoms with Crippen molar-refractivity contribution in [2.24, 2.45) is 0 Å². The Balaban J connectivity index is 1.98. The number of fused-ring (bicyclic) bond motifs is 1. The van der Waals surface area contributed by atoms with Crippen molar-refractivity contribution in [1.29, 1.82) is 0 Å². The van der Waals surface area contributed by atoms with Crippen LogP contribution in [0, 0.1) is 0 Å². The van der Waals surface area contributed by atoms with Gasteiger partial charge in [-0.05, 0) is 23.8 Å². The zero-order chi connectivity index (χ0) is 11.5. The van der Waals surface area contributed by atoms with Gasteiger partial charge in [-0.2, -0.15) is 5.10 Å². The van der Waals surface area contributed by atoms with Crippen molar-refractivity contribution in [2.75, 3.05) is 0 Å². The summed E-state index contributed by atoms with van der Waals surface area (Å²) in [5.74, 6) is 0. The highest BCUT2D eigenvalue weighted by atomic mass is 15.1. The maximum Gasteiger partial charge on any atom is 0.0927 e. The molecule has 2 aromatic heterocycles. The number of nitrogens with zero attached hydrogens (tertiary/aromatic N) is 2. The average Bonchev–Trinajstić information content (AvgIpc) is 2.81. The topological polar surface area (TPSA) is 41.6 Å². The zero-order valence-electron chi connectivity index (χ0n) is 9.17. The number of nitrogens with one attached hydrogen (secondary N) is 1. The van der Waals surface area contributed by atoms with Gasteiger partial charge in [0.25, 0.3) is 0 Å². The summed E-state index contributed by atoms with van der Waals surface area (Å²) in [5.41, 5.74) is 3.07. The van der Waals surface area contributed by atoms with Crippen LogP contribution in [0.5, 0.6) is 0 Å². The molecule has 0 saturated heterocycles. The molecule has 0 fully saturated rings. The van der Waals surface area contributed by atoms with Crippen molar-refractivity contribution >= 4 is 23.1 Å². The molecule has 0 aliphatic rings. The van der Waals surface area contributed by atoms with Crippen LogP contribution in [0.3, 0.4) is 0 Å². The van der Waals surface area contributed by atoms with E-state index in [4.69, 9.17) is 0 Å². The summed E-state index contributed by atoms with van der Waals surface area (Å²) in [6.45, 7) is 0. The first-order valence-corrected chi connectivity index (χ1v) is 5.45. The maximum absolute atomic E-state index is 4.28. The summed E-state index contributed by atoms with van der Waals surface area (Å²) in [5, 5.41) is 8.42.